The van der Waals surface area contributed by atoms with E-state index in [1.165, 1.54) is 18.4 Å². The molecule has 22 heavy (non-hydrogen) atoms. The summed E-state index contributed by atoms with van der Waals surface area (Å²) in [6.07, 6.45) is 4.96. The van der Waals surface area contributed by atoms with Gasteiger partial charge in [-0.1, -0.05) is 51.5 Å². The van der Waals surface area contributed by atoms with Crippen LogP contribution in [-0.2, 0) is 17.6 Å². The molecule has 3 heteroatoms. The van der Waals surface area contributed by atoms with Crippen molar-refractivity contribution in [3.63, 3.8) is 0 Å². The molecule has 2 rings (SSSR count). The highest BCUT2D eigenvalue weighted by Gasteiger charge is 2.35. The third kappa shape index (κ3) is 4.33. The molecule has 1 fully saturated rings. The van der Waals surface area contributed by atoms with Gasteiger partial charge in [-0.3, -0.25) is 4.79 Å². The molecule has 0 saturated carbocycles. The van der Waals surface area contributed by atoms with Gasteiger partial charge in [-0.2, -0.15) is 0 Å². The Labute approximate surface area is 134 Å². The van der Waals surface area contributed by atoms with Crippen LogP contribution in [0.4, 0.5) is 0 Å². The van der Waals surface area contributed by atoms with Crippen LogP contribution < -0.4 is 5.73 Å². The molecule has 1 unspecified atom stereocenters. The van der Waals surface area contributed by atoms with E-state index in [4.69, 9.17) is 5.73 Å². The molecule has 2 N–H and O–H groups in total. The maximum atomic E-state index is 12.5. The number of hydrogen-bond acceptors (Lipinski definition) is 2. The molecule has 1 atom stereocenters. The van der Waals surface area contributed by atoms with Crippen LogP contribution in [0.25, 0.3) is 0 Å². The van der Waals surface area contributed by atoms with Gasteiger partial charge in [-0.05, 0) is 35.8 Å². The van der Waals surface area contributed by atoms with Gasteiger partial charge in [0.15, 0.2) is 0 Å². The van der Waals surface area contributed by atoms with E-state index in [9.17, 15) is 4.79 Å². The van der Waals surface area contributed by atoms with E-state index in [2.05, 4.69) is 45.0 Å². The van der Waals surface area contributed by atoms with E-state index in [0.29, 0.717) is 6.42 Å². The molecular weight excluding hydrogens is 272 g/mol. The van der Waals surface area contributed by atoms with E-state index < -0.39 is 0 Å². The molecule has 1 aliphatic rings. The number of rotatable bonds is 5. The minimum atomic E-state index is 0.0118. The number of benzene rings is 1. The van der Waals surface area contributed by atoms with Crippen molar-refractivity contribution < 1.29 is 4.79 Å². The smallest absolute Gasteiger partial charge is 0.227 e. The number of amides is 1. The van der Waals surface area contributed by atoms with Crippen molar-refractivity contribution in [1.29, 1.82) is 0 Å². The van der Waals surface area contributed by atoms with Gasteiger partial charge in [0.25, 0.3) is 0 Å². The number of nitrogens with zero attached hydrogens (tertiary/aromatic N) is 1. The van der Waals surface area contributed by atoms with Crippen molar-refractivity contribution in [3.05, 3.63) is 35.4 Å². The van der Waals surface area contributed by atoms with Crippen LogP contribution in [0.5, 0.6) is 0 Å². The number of piperidine rings is 1. The molecule has 1 heterocycles. The van der Waals surface area contributed by atoms with Crippen LogP contribution in [0, 0.1) is 5.41 Å². The van der Waals surface area contributed by atoms with Gasteiger partial charge in [0.2, 0.25) is 5.91 Å². The Morgan fingerprint density at radius 3 is 2.50 bits per heavy atom. The Kier molecular flexibility index (Phi) is 5.63. The van der Waals surface area contributed by atoms with E-state index in [1.807, 2.05) is 4.90 Å². The zero-order chi connectivity index (χ0) is 16.2. The SMILES string of the molecule is CCCCc1ccc(CC(=O)N2CCC(N)C(C)(C)C2)cc1. The maximum Gasteiger partial charge on any atom is 0.227 e. The second kappa shape index (κ2) is 7.28. The van der Waals surface area contributed by atoms with Crippen LogP contribution >= 0.6 is 0 Å². The first kappa shape index (κ1) is 17.0. The summed E-state index contributed by atoms with van der Waals surface area (Å²) in [5.74, 6) is 0.223. The Balaban J connectivity index is 1.91. The van der Waals surface area contributed by atoms with Crippen molar-refractivity contribution in [2.45, 2.75) is 58.9 Å². The minimum absolute atomic E-state index is 0.0118. The average Bonchev–Trinajstić information content (AvgIpc) is 2.49. The third-order valence-electron chi connectivity index (χ3n) is 4.86. The van der Waals surface area contributed by atoms with E-state index >= 15 is 0 Å². The highest BCUT2D eigenvalue weighted by Crippen LogP contribution is 2.28. The Morgan fingerprint density at radius 1 is 1.27 bits per heavy atom. The van der Waals surface area contributed by atoms with Crippen LogP contribution in [0.15, 0.2) is 24.3 Å². The predicted octanol–water partition coefficient (Wildman–Crippen LogP) is 3.16. The highest BCUT2D eigenvalue weighted by atomic mass is 16.2. The van der Waals surface area contributed by atoms with Crippen LogP contribution in [0.3, 0.4) is 0 Å². The molecule has 1 amide bonds. The van der Waals surface area contributed by atoms with E-state index in [1.54, 1.807) is 0 Å². The molecule has 0 radical (unpaired) electrons. The van der Waals surface area contributed by atoms with Crippen molar-refractivity contribution in [3.8, 4) is 0 Å². The molecule has 1 aromatic rings. The molecular formula is C19H30N2O. The van der Waals surface area contributed by atoms with Gasteiger partial charge in [0.1, 0.15) is 0 Å². The Bertz CT molecular complexity index is 493. The van der Waals surface area contributed by atoms with Gasteiger partial charge in [-0.15, -0.1) is 0 Å². The minimum Gasteiger partial charge on any atom is -0.342 e. The van der Waals surface area contributed by atoms with Crippen molar-refractivity contribution in [1.82, 2.24) is 4.90 Å². The normalized spacial score (nSPS) is 20.9. The monoisotopic (exact) mass is 302 g/mol. The molecule has 3 nitrogen and oxygen atoms in total. The number of unbranched alkanes of at least 4 members (excludes halogenated alkanes) is 1. The van der Waals surface area contributed by atoms with Gasteiger partial charge >= 0.3 is 0 Å². The second-order valence-electron chi connectivity index (χ2n) is 7.30. The molecule has 0 aromatic heterocycles. The number of likely N-dealkylation sites (tertiary alicyclic amines) is 1. The largest absolute Gasteiger partial charge is 0.342 e. The fourth-order valence-electron chi connectivity index (χ4n) is 3.08. The summed E-state index contributed by atoms with van der Waals surface area (Å²) in [6.45, 7) is 8.07. The standard InChI is InChI=1S/C19H30N2O/c1-4-5-6-15-7-9-16(10-8-15)13-18(22)21-12-11-17(20)19(2,3)14-21/h7-10,17H,4-6,11-14,20H2,1-3H3. The van der Waals surface area contributed by atoms with Gasteiger partial charge in [0, 0.05) is 19.1 Å². The molecule has 1 aromatic carbocycles. The highest BCUT2D eigenvalue weighted by molar-refractivity contribution is 5.79. The molecule has 0 aliphatic carbocycles. The Hall–Kier alpha value is -1.35. The lowest BCUT2D eigenvalue weighted by Crippen LogP contribution is -2.54. The summed E-state index contributed by atoms with van der Waals surface area (Å²) in [5.41, 5.74) is 8.63. The quantitative estimate of drug-likeness (QED) is 0.908. The number of carbonyl (C=O) groups is 1. The topological polar surface area (TPSA) is 46.3 Å². The number of nitrogens with two attached hydrogens (primary N) is 1. The van der Waals surface area contributed by atoms with Crippen LogP contribution in [0.1, 0.15) is 51.2 Å². The summed E-state index contributed by atoms with van der Waals surface area (Å²) in [6, 6.07) is 8.71. The van der Waals surface area contributed by atoms with Gasteiger partial charge in [0.05, 0.1) is 6.42 Å². The lowest BCUT2D eigenvalue weighted by molar-refractivity contribution is -0.133. The number of hydrogen-bond donors (Lipinski definition) is 1. The molecule has 122 valence electrons. The Morgan fingerprint density at radius 2 is 1.91 bits per heavy atom. The summed E-state index contributed by atoms with van der Waals surface area (Å²) >= 11 is 0. The molecule has 0 spiro atoms. The van der Waals surface area contributed by atoms with Crippen molar-refractivity contribution >= 4 is 5.91 Å². The third-order valence-corrected chi connectivity index (χ3v) is 4.86. The lowest BCUT2D eigenvalue weighted by atomic mass is 9.79. The summed E-state index contributed by atoms with van der Waals surface area (Å²) in [7, 11) is 0. The second-order valence-corrected chi connectivity index (χ2v) is 7.30. The summed E-state index contributed by atoms with van der Waals surface area (Å²) < 4.78 is 0. The van der Waals surface area contributed by atoms with Crippen LogP contribution in [-0.4, -0.2) is 29.9 Å². The number of aryl methyl sites for hydroxylation is 1. The van der Waals surface area contributed by atoms with E-state index in [0.717, 1.165) is 31.5 Å². The summed E-state index contributed by atoms with van der Waals surface area (Å²) in [5, 5.41) is 0. The fourth-order valence-corrected chi connectivity index (χ4v) is 3.08. The molecule has 1 saturated heterocycles. The zero-order valence-corrected chi connectivity index (χ0v) is 14.3. The fraction of sp³-hybridized carbons (Fsp3) is 0.632. The molecule has 1 aliphatic heterocycles. The van der Waals surface area contributed by atoms with Gasteiger partial charge in [-0.25, -0.2) is 0 Å². The first-order valence-corrected chi connectivity index (χ1v) is 8.53. The lowest BCUT2D eigenvalue weighted by Gasteiger charge is -2.42. The van der Waals surface area contributed by atoms with Crippen LogP contribution in [0.2, 0.25) is 0 Å². The van der Waals surface area contributed by atoms with E-state index in [-0.39, 0.29) is 17.4 Å². The zero-order valence-electron chi connectivity index (χ0n) is 14.3. The van der Waals surface area contributed by atoms with Crippen molar-refractivity contribution in [2.24, 2.45) is 11.1 Å². The summed E-state index contributed by atoms with van der Waals surface area (Å²) in [4.78, 5) is 14.5. The maximum absolute atomic E-state index is 12.5. The van der Waals surface area contributed by atoms with Crippen molar-refractivity contribution in [2.75, 3.05) is 13.1 Å². The molecule has 0 bridgehead atoms. The number of carbonyl (C=O) groups excluding carboxylic acids is 1. The first-order valence-electron chi connectivity index (χ1n) is 8.53. The first-order chi connectivity index (χ1) is 10.4. The predicted molar refractivity (Wildman–Crippen MR) is 91.7 cm³/mol. The average molecular weight is 302 g/mol. The van der Waals surface area contributed by atoms with Gasteiger partial charge < -0.3 is 10.6 Å².